The van der Waals surface area contributed by atoms with Crippen LogP contribution in [0.25, 0.3) is 11.0 Å². The number of aryl methyl sites for hydroxylation is 1. The van der Waals surface area contributed by atoms with Crippen molar-refractivity contribution >= 4 is 34.4 Å². The summed E-state index contributed by atoms with van der Waals surface area (Å²) in [5.41, 5.74) is 1.44. The van der Waals surface area contributed by atoms with Crippen molar-refractivity contribution in [3.05, 3.63) is 34.5 Å². The first-order chi connectivity index (χ1) is 13.0. The van der Waals surface area contributed by atoms with Crippen molar-refractivity contribution in [1.82, 2.24) is 9.80 Å². The maximum Gasteiger partial charge on any atom is 0.289 e. The lowest BCUT2D eigenvalue weighted by Gasteiger charge is -2.36. The van der Waals surface area contributed by atoms with E-state index in [1.54, 1.807) is 17.0 Å². The van der Waals surface area contributed by atoms with E-state index in [-0.39, 0.29) is 17.7 Å². The number of piperidine rings is 1. The Morgan fingerprint density at radius 1 is 1.15 bits per heavy atom. The number of rotatable bonds is 2. The van der Waals surface area contributed by atoms with Crippen molar-refractivity contribution in [2.45, 2.75) is 19.8 Å². The Kier molecular flexibility index (Phi) is 5.10. The van der Waals surface area contributed by atoms with Gasteiger partial charge in [0.2, 0.25) is 5.91 Å². The molecule has 4 rings (SSSR count). The number of benzene rings is 1. The highest BCUT2D eigenvalue weighted by molar-refractivity contribution is 6.31. The Balaban J connectivity index is 1.52. The molecule has 2 aliphatic rings. The summed E-state index contributed by atoms with van der Waals surface area (Å²) in [4.78, 5) is 29.5. The summed E-state index contributed by atoms with van der Waals surface area (Å²) >= 11 is 6.07. The second-order valence-electron chi connectivity index (χ2n) is 7.22. The third kappa shape index (κ3) is 3.56. The van der Waals surface area contributed by atoms with E-state index in [1.165, 1.54) is 0 Å². The molecule has 2 saturated heterocycles. The van der Waals surface area contributed by atoms with Gasteiger partial charge in [-0.3, -0.25) is 9.59 Å². The molecule has 2 fully saturated rings. The Morgan fingerprint density at radius 2 is 1.93 bits per heavy atom. The molecule has 1 atom stereocenters. The zero-order valence-corrected chi connectivity index (χ0v) is 16.1. The highest BCUT2D eigenvalue weighted by atomic mass is 35.5. The van der Waals surface area contributed by atoms with Crippen LogP contribution in [-0.4, -0.2) is 61.0 Å². The summed E-state index contributed by atoms with van der Waals surface area (Å²) in [7, 11) is 0. The number of likely N-dealkylation sites (tertiary alicyclic amines) is 1. The minimum Gasteiger partial charge on any atom is -0.451 e. The van der Waals surface area contributed by atoms with Crippen LogP contribution in [0.4, 0.5) is 0 Å². The minimum atomic E-state index is -0.153. The van der Waals surface area contributed by atoms with Gasteiger partial charge in [0.05, 0.1) is 19.1 Å². The number of carbonyl (C=O) groups excluding carboxylic acids is 2. The highest BCUT2D eigenvalue weighted by Gasteiger charge is 2.33. The van der Waals surface area contributed by atoms with Crippen molar-refractivity contribution in [3.8, 4) is 0 Å². The molecule has 0 radical (unpaired) electrons. The number of morpholine rings is 1. The maximum absolute atomic E-state index is 13.1. The van der Waals surface area contributed by atoms with Crippen molar-refractivity contribution in [1.29, 1.82) is 0 Å². The lowest BCUT2D eigenvalue weighted by Crippen LogP contribution is -2.49. The van der Waals surface area contributed by atoms with Crippen LogP contribution in [0.1, 0.15) is 29.0 Å². The van der Waals surface area contributed by atoms with E-state index in [0.717, 1.165) is 23.8 Å². The smallest absolute Gasteiger partial charge is 0.289 e. The summed E-state index contributed by atoms with van der Waals surface area (Å²) in [6.07, 6.45) is 1.63. The fourth-order valence-corrected chi connectivity index (χ4v) is 4.12. The molecule has 7 heteroatoms. The van der Waals surface area contributed by atoms with Crippen LogP contribution < -0.4 is 0 Å². The fraction of sp³-hybridized carbons (Fsp3) is 0.500. The Hall–Kier alpha value is -2.05. The summed E-state index contributed by atoms with van der Waals surface area (Å²) in [5, 5.41) is 1.46. The van der Waals surface area contributed by atoms with E-state index >= 15 is 0 Å². The standard InChI is InChI=1S/C20H23ClN2O4/c1-13-16-11-15(21)4-5-17(16)27-18(13)20(25)23-6-2-3-14(12-23)19(24)22-7-9-26-10-8-22/h4-5,11,14H,2-3,6-10,12H2,1H3. The molecule has 0 bridgehead atoms. The largest absolute Gasteiger partial charge is 0.451 e. The van der Waals surface area contributed by atoms with Gasteiger partial charge < -0.3 is 19.0 Å². The Labute approximate surface area is 163 Å². The zero-order valence-electron chi connectivity index (χ0n) is 15.4. The van der Waals surface area contributed by atoms with Crippen LogP contribution in [0.2, 0.25) is 5.02 Å². The minimum absolute atomic E-state index is 0.129. The zero-order chi connectivity index (χ0) is 19.0. The predicted octanol–water partition coefficient (Wildman–Crippen LogP) is 3.11. The number of hydrogen-bond donors (Lipinski definition) is 0. The SMILES string of the molecule is Cc1c(C(=O)N2CCCC(C(=O)N3CCOCC3)C2)oc2ccc(Cl)cc12. The van der Waals surface area contributed by atoms with E-state index in [4.69, 9.17) is 20.8 Å². The molecule has 1 aromatic carbocycles. The summed E-state index contributed by atoms with van der Waals surface area (Å²) in [5.74, 6) is 0.162. The number of carbonyl (C=O) groups is 2. The number of nitrogens with zero attached hydrogens (tertiary/aromatic N) is 2. The average molecular weight is 391 g/mol. The molecule has 1 unspecified atom stereocenters. The maximum atomic E-state index is 13.1. The molecular formula is C20H23ClN2O4. The molecule has 1 aromatic heterocycles. The molecule has 3 heterocycles. The number of halogens is 1. The van der Waals surface area contributed by atoms with Crippen molar-refractivity contribution in [2.24, 2.45) is 5.92 Å². The number of amides is 2. The van der Waals surface area contributed by atoms with Crippen molar-refractivity contribution < 1.29 is 18.7 Å². The van der Waals surface area contributed by atoms with Crippen LogP contribution in [0.3, 0.4) is 0 Å². The molecule has 6 nitrogen and oxygen atoms in total. The van der Waals surface area contributed by atoms with Crippen LogP contribution in [0, 0.1) is 12.8 Å². The quantitative estimate of drug-likeness (QED) is 0.790. The molecule has 2 aromatic rings. The monoisotopic (exact) mass is 390 g/mol. The fourth-order valence-electron chi connectivity index (χ4n) is 3.95. The van der Waals surface area contributed by atoms with Crippen LogP contribution in [-0.2, 0) is 9.53 Å². The highest BCUT2D eigenvalue weighted by Crippen LogP contribution is 2.30. The van der Waals surface area contributed by atoms with E-state index < -0.39 is 0 Å². The second kappa shape index (κ2) is 7.52. The third-order valence-electron chi connectivity index (χ3n) is 5.47. The molecule has 0 saturated carbocycles. The van der Waals surface area contributed by atoms with Gasteiger partial charge in [0.15, 0.2) is 5.76 Å². The lowest BCUT2D eigenvalue weighted by atomic mass is 9.96. The average Bonchev–Trinajstić information content (AvgIpc) is 3.03. The Morgan fingerprint density at radius 3 is 2.70 bits per heavy atom. The van der Waals surface area contributed by atoms with E-state index in [2.05, 4.69) is 0 Å². The van der Waals surface area contributed by atoms with E-state index in [0.29, 0.717) is 55.8 Å². The first kappa shape index (κ1) is 18.3. The van der Waals surface area contributed by atoms with E-state index in [1.807, 2.05) is 17.9 Å². The van der Waals surface area contributed by atoms with Gasteiger partial charge in [0, 0.05) is 42.2 Å². The molecule has 2 aliphatic heterocycles. The number of furan rings is 1. The normalized spacial score (nSPS) is 20.9. The molecular weight excluding hydrogens is 368 g/mol. The lowest BCUT2D eigenvalue weighted by molar-refractivity contribution is -0.141. The number of ether oxygens (including phenoxy) is 1. The van der Waals surface area contributed by atoms with Gasteiger partial charge in [0.25, 0.3) is 5.91 Å². The van der Waals surface area contributed by atoms with Gasteiger partial charge in [-0.05, 0) is 38.0 Å². The van der Waals surface area contributed by atoms with Crippen LogP contribution in [0.5, 0.6) is 0 Å². The first-order valence-corrected chi connectivity index (χ1v) is 9.77. The summed E-state index contributed by atoms with van der Waals surface area (Å²) < 4.78 is 11.1. The number of fused-ring (bicyclic) bond motifs is 1. The summed E-state index contributed by atoms with van der Waals surface area (Å²) in [6, 6.07) is 5.34. The van der Waals surface area contributed by atoms with Crippen LogP contribution in [0.15, 0.2) is 22.6 Å². The van der Waals surface area contributed by atoms with E-state index in [9.17, 15) is 9.59 Å². The topological polar surface area (TPSA) is 63.0 Å². The van der Waals surface area contributed by atoms with Crippen molar-refractivity contribution in [2.75, 3.05) is 39.4 Å². The first-order valence-electron chi connectivity index (χ1n) is 9.39. The third-order valence-corrected chi connectivity index (χ3v) is 5.71. The predicted molar refractivity (Wildman–Crippen MR) is 102 cm³/mol. The van der Waals surface area contributed by atoms with Gasteiger partial charge in [-0.1, -0.05) is 11.6 Å². The second-order valence-corrected chi connectivity index (χ2v) is 7.66. The van der Waals surface area contributed by atoms with Gasteiger partial charge >= 0.3 is 0 Å². The van der Waals surface area contributed by atoms with Gasteiger partial charge in [-0.2, -0.15) is 0 Å². The summed E-state index contributed by atoms with van der Waals surface area (Å²) in [6.45, 7) is 5.38. The van der Waals surface area contributed by atoms with Gasteiger partial charge in [-0.25, -0.2) is 0 Å². The van der Waals surface area contributed by atoms with Crippen LogP contribution >= 0.6 is 11.6 Å². The van der Waals surface area contributed by atoms with Gasteiger partial charge in [0.1, 0.15) is 5.58 Å². The molecule has 0 aliphatic carbocycles. The molecule has 144 valence electrons. The van der Waals surface area contributed by atoms with Crippen molar-refractivity contribution in [3.63, 3.8) is 0 Å². The van der Waals surface area contributed by atoms with Gasteiger partial charge in [-0.15, -0.1) is 0 Å². The molecule has 27 heavy (non-hydrogen) atoms. The Bertz CT molecular complexity index is 872. The molecule has 2 amide bonds. The molecule has 0 spiro atoms. The molecule has 0 N–H and O–H groups in total. The number of hydrogen-bond acceptors (Lipinski definition) is 4.